The number of aliphatic imine (C=N–C) groups is 2. The SMILES string of the molecule is NCc1ccc(C(=NCCCN=C(NO)c2ccccc2)NO)cc1. The van der Waals surface area contributed by atoms with Gasteiger partial charge in [-0.05, 0) is 12.0 Å². The van der Waals surface area contributed by atoms with Crippen LogP contribution in [0.1, 0.15) is 23.1 Å². The molecule has 0 aliphatic heterocycles. The van der Waals surface area contributed by atoms with E-state index >= 15 is 0 Å². The van der Waals surface area contributed by atoms with Gasteiger partial charge in [-0.15, -0.1) is 0 Å². The molecule has 0 heterocycles. The van der Waals surface area contributed by atoms with Crippen LogP contribution in [0.15, 0.2) is 64.6 Å². The molecular weight excluding hydrogens is 318 g/mol. The quantitative estimate of drug-likeness (QED) is 0.227. The zero-order valence-corrected chi connectivity index (χ0v) is 13.9. The maximum Gasteiger partial charge on any atom is 0.152 e. The van der Waals surface area contributed by atoms with Crippen LogP contribution in [0.3, 0.4) is 0 Å². The topological polar surface area (TPSA) is 115 Å². The highest BCUT2D eigenvalue weighted by Crippen LogP contribution is 2.05. The number of hydrogen-bond donors (Lipinski definition) is 5. The van der Waals surface area contributed by atoms with Crippen molar-refractivity contribution in [2.24, 2.45) is 15.7 Å². The van der Waals surface area contributed by atoms with E-state index in [9.17, 15) is 10.4 Å². The maximum atomic E-state index is 9.26. The van der Waals surface area contributed by atoms with Gasteiger partial charge in [0.2, 0.25) is 0 Å². The third-order valence-corrected chi connectivity index (χ3v) is 3.58. The fraction of sp³-hybridized carbons (Fsp3) is 0.222. The van der Waals surface area contributed by atoms with Gasteiger partial charge in [-0.3, -0.25) is 31.4 Å². The summed E-state index contributed by atoms with van der Waals surface area (Å²) in [5.74, 6) is 0.818. The molecular formula is C18H23N5O2. The summed E-state index contributed by atoms with van der Waals surface area (Å²) in [5.41, 5.74) is 12.4. The molecule has 132 valence electrons. The van der Waals surface area contributed by atoms with Gasteiger partial charge in [-0.25, -0.2) is 0 Å². The minimum Gasteiger partial charge on any atom is -0.326 e. The molecule has 25 heavy (non-hydrogen) atoms. The van der Waals surface area contributed by atoms with E-state index in [2.05, 4.69) is 20.9 Å². The van der Waals surface area contributed by atoms with Crippen LogP contribution < -0.4 is 16.7 Å². The molecule has 2 aromatic carbocycles. The standard InChI is InChI=1S/C18H23N5O2/c19-13-14-7-9-16(10-8-14)18(23-25)21-12-4-11-20-17(22-24)15-5-2-1-3-6-15/h1-3,5-10,24-25H,4,11-13,19H2,(H,20,22)(H,21,23). The van der Waals surface area contributed by atoms with Crippen molar-refractivity contribution in [3.05, 3.63) is 71.3 Å². The molecule has 0 bridgehead atoms. The predicted octanol–water partition coefficient (Wildman–Crippen LogP) is 1.69. The highest BCUT2D eigenvalue weighted by molar-refractivity contribution is 5.98. The third-order valence-electron chi connectivity index (χ3n) is 3.58. The second-order valence-electron chi connectivity index (χ2n) is 5.30. The van der Waals surface area contributed by atoms with E-state index < -0.39 is 0 Å². The monoisotopic (exact) mass is 341 g/mol. The van der Waals surface area contributed by atoms with Crippen molar-refractivity contribution in [2.45, 2.75) is 13.0 Å². The Morgan fingerprint density at radius 3 is 1.80 bits per heavy atom. The Labute approximate surface area is 146 Å². The molecule has 0 amide bonds. The Balaban J connectivity index is 1.90. The molecule has 7 heteroatoms. The predicted molar refractivity (Wildman–Crippen MR) is 98.0 cm³/mol. The van der Waals surface area contributed by atoms with Gasteiger partial charge < -0.3 is 5.73 Å². The number of nitrogens with one attached hydrogen (secondary N) is 2. The molecule has 0 radical (unpaired) electrons. The number of nitrogens with two attached hydrogens (primary N) is 1. The zero-order chi connectivity index (χ0) is 17.9. The number of hydrogen-bond acceptors (Lipinski definition) is 5. The Bertz CT molecular complexity index is 699. The molecule has 6 N–H and O–H groups in total. The summed E-state index contributed by atoms with van der Waals surface area (Å²) in [6.07, 6.45) is 0.671. The van der Waals surface area contributed by atoms with Gasteiger partial charge in [0.1, 0.15) is 0 Å². The van der Waals surface area contributed by atoms with Crippen molar-refractivity contribution < 1.29 is 10.4 Å². The van der Waals surface area contributed by atoms with Crippen molar-refractivity contribution in [1.82, 2.24) is 11.0 Å². The van der Waals surface area contributed by atoms with Crippen molar-refractivity contribution in [3.8, 4) is 0 Å². The van der Waals surface area contributed by atoms with Gasteiger partial charge in [0.05, 0.1) is 0 Å². The van der Waals surface area contributed by atoms with Gasteiger partial charge in [0.15, 0.2) is 11.7 Å². The van der Waals surface area contributed by atoms with E-state index in [4.69, 9.17) is 5.73 Å². The molecule has 0 aliphatic rings. The Morgan fingerprint density at radius 2 is 1.32 bits per heavy atom. The summed E-state index contributed by atoms with van der Waals surface area (Å²) in [4.78, 5) is 8.66. The molecule has 0 aromatic heterocycles. The first kappa shape index (κ1) is 18.6. The van der Waals surface area contributed by atoms with Crippen molar-refractivity contribution >= 4 is 11.7 Å². The summed E-state index contributed by atoms with van der Waals surface area (Å²) in [7, 11) is 0. The van der Waals surface area contributed by atoms with Crippen LogP contribution in [-0.4, -0.2) is 35.2 Å². The number of rotatable bonds is 7. The second kappa shape index (κ2) is 10.2. The fourth-order valence-corrected chi connectivity index (χ4v) is 2.23. The van der Waals surface area contributed by atoms with Crippen LogP contribution in [-0.2, 0) is 6.54 Å². The van der Waals surface area contributed by atoms with Crippen molar-refractivity contribution in [1.29, 1.82) is 0 Å². The Morgan fingerprint density at radius 1 is 0.800 bits per heavy atom. The van der Waals surface area contributed by atoms with E-state index in [-0.39, 0.29) is 0 Å². The number of hydroxylamine groups is 2. The average molecular weight is 341 g/mol. The van der Waals surface area contributed by atoms with Gasteiger partial charge in [-0.2, -0.15) is 0 Å². The Kier molecular flexibility index (Phi) is 7.58. The summed E-state index contributed by atoms with van der Waals surface area (Å²) in [6.45, 7) is 1.45. The lowest BCUT2D eigenvalue weighted by atomic mass is 10.1. The molecule has 2 rings (SSSR count). The molecule has 0 atom stereocenters. The van der Waals surface area contributed by atoms with Gasteiger partial charge in [0.25, 0.3) is 0 Å². The van der Waals surface area contributed by atoms with Gasteiger partial charge in [-0.1, -0.05) is 54.6 Å². The van der Waals surface area contributed by atoms with E-state index in [1.54, 1.807) is 0 Å². The minimum atomic E-state index is 0.399. The van der Waals surface area contributed by atoms with Gasteiger partial charge >= 0.3 is 0 Å². The zero-order valence-electron chi connectivity index (χ0n) is 13.9. The molecule has 0 spiro atoms. The highest BCUT2D eigenvalue weighted by atomic mass is 16.5. The molecule has 7 nitrogen and oxygen atoms in total. The molecule has 0 saturated carbocycles. The molecule has 0 saturated heterocycles. The summed E-state index contributed by atoms with van der Waals surface area (Å²) in [5, 5.41) is 18.5. The summed E-state index contributed by atoms with van der Waals surface area (Å²) in [6, 6.07) is 16.9. The van der Waals surface area contributed by atoms with Crippen LogP contribution in [0.2, 0.25) is 0 Å². The lowest BCUT2D eigenvalue weighted by Crippen LogP contribution is -2.21. The van der Waals surface area contributed by atoms with Gasteiger partial charge in [0, 0.05) is 30.8 Å². The van der Waals surface area contributed by atoms with Crippen LogP contribution in [0.25, 0.3) is 0 Å². The highest BCUT2D eigenvalue weighted by Gasteiger charge is 2.02. The van der Waals surface area contributed by atoms with Crippen molar-refractivity contribution in [2.75, 3.05) is 13.1 Å². The molecule has 2 aromatic rings. The number of nitrogens with zero attached hydrogens (tertiary/aromatic N) is 2. The first-order valence-electron chi connectivity index (χ1n) is 8.02. The van der Waals surface area contributed by atoms with E-state index in [0.717, 1.165) is 16.7 Å². The summed E-state index contributed by atoms with van der Waals surface area (Å²) < 4.78 is 0. The van der Waals surface area contributed by atoms with E-state index in [1.165, 1.54) is 0 Å². The molecule has 0 fully saturated rings. The van der Waals surface area contributed by atoms with Crippen LogP contribution in [0.4, 0.5) is 0 Å². The minimum absolute atomic E-state index is 0.399. The van der Waals surface area contributed by atoms with Crippen LogP contribution in [0, 0.1) is 0 Å². The molecule has 0 unspecified atom stereocenters. The first-order chi connectivity index (χ1) is 12.3. The number of amidine groups is 2. The van der Waals surface area contributed by atoms with Crippen LogP contribution >= 0.6 is 0 Å². The third kappa shape index (κ3) is 5.68. The lowest BCUT2D eigenvalue weighted by molar-refractivity contribution is 0.234. The second-order valence-corrected chi connectivity index (χ2v) is 5.30. The lowest BCUT2D eigenvalue weighted by Gasteiger charge is -2.06. The Hall–Kier alpha value is -2.74. The largest absolute Gasteiger partial charge is 0.326 e. The summed E-state index contributed by atoms with van der Waals surface area (Å²) >= 11 is 0. The molecule has 0 aliphatic carbocycles. The normalized spacial score (nSPS) is 12.1. The van der Waals surface area contributed by atoms with E-state index in [1.807, 2.05) is 54.6 Å². The van der Waals surface area contributed by atoms with Crippen molar-refractivity contribution in [3.63, 3.8) is 0 Å². The van der Waals surface area contributed by atoms with Crippen LogP contribution in [0.5, 0.6) is 0 Å². The van der Waals surface area contributed by atoms with E-state index in [0.29, 0.717) is 37.7 Å². The maximum absolute atomic E-state index is 9.26. The first-order valence-corrected chi connectivity index (χ1v) is 8.02. The smallest absolute Gasteiger partial charge is 0.152 e. The average Bonchev–Trinajstić information content (AvgIpc) is 2.68. The fourth-order valence-electron chi connectivity index (χ4n) is 2.23. The number of benzene rings is 2.